The summed E-state index contributed by atoms with van der Waals surface area (Å²) in [5.74, 6) is 0.871. The minimum absolute atomic E-state index is 0.156. The molecule has 1 aliphatic heterocycles. The molecule has 2 aromatic carbocycles. The van der Waals surface area contributed by atoms with Crippen LogP contribution in [0.2, 0.25) is 0 Å². The Morgan fingerprint density at radius 3 is 2.42 bits per heavy atom. The van der Waals surface area contributed by atoms with Crippen LogP contribution in [0.4, 0.5) is 11.4 Å². The van der Waals surface area contributed by atoms with Crippen molar-refractivity contribution in [3.8, 4) is 22.6 Å². The van der Waals surface area contributed by atoms with Crippen LogP contribution >= 0.6 is 0 Å². The van der Waals surface area contributed by atoms with Crippen LogP contribution in [-0.2, 0) is 12.8 Å². The molecule has 0 aromatic heterocycles. The van der Waals surface area contributed by atoms with Gasteiger partial charge in [0, 0.05) is 18.2 Å². The molecule has 0 fully saturated rings. The summed E-state index contributed by atoms with van der Waals surface area (Å²) in [6, 6.07) is 5.58. The number of methoxy groups -OCH3 is 2. The van der Waals surface area contributed by atoms with Crippen LogP contribution in [0.1, 0.15) is 22.7 Å². The summed E-state index contributed by atoms with van der Waals surface area (Å²) in [4.78, 5) is 24.9. The number of rotatable bonds is 4. The van der Waals surface area contributed by atoms with Gasteiger partial charge in [-0.15, -0.1) is 9.81 Å². The first kappa shape index (κ1) is 16.7. The van der Waals surface area contributed by atoms with Crippen LogP contribution < -0.4 is 9.47 Å². The van der Waals surface area contributed by atoms with Crippen molar-refractivity contribution in [1.82, 2.24) is 4.90 Å². The molecular formula is C19H19N3O4. The number of benzene rings is 2. The molecule has 1 atom stereocenters. The Hall–Kier alpha value is -2.80. The third-order valence-electron chi connectivity index (χ3n) is 5.47. The third-order valence-corrected chi connectivity index (χ3v) is 5.47. The van der Waals surface area contributed by atoms with Crippen molar-refractivity contribution < 1.29 is 9.47 Å². The lowest BCUT2D eigenvalue weighted by Gasteiger charge is -2.40. The molecule has 1 aliphatic carbocycles. The maximum Gasteiger partial charge on any atom is 0.156 e. The van der Waals surface area contributed by atoms with Crippen molar-refractivity contribution in [1.29, 1.82) is 0 Å². The Kier molecular flexibility index (Phi) is 3.96. The second kappa shape index (κ2) is 6.17. The van der Waals surface area contributed by atoms with Crippen LogP contribution in [0.15, 0.2) is 28.6 Å². The highest BCUT2D eigenvalue weighted by molar-refractivity contribution is 5.87. The van der Waals surface area contributed by atoms with Crippen LogP contribution in [0, 0.1) is 9.81 Å². The molecule has 7 nitrogen and oxygen atoms in total. The number of hydrogen-bond acceptors (Lipinski definition) is 7. The normalized spacial score (nSPS) is 17.9. The number of ether oxygens (including phenoxy) is 2. The summed E-state index contributed by atoms with van der Waals surface area (Å²) >= 11 is 0. The molecule has 2 aliphatic rings. The molecule has 7 heteroatoms. The number of fused-ring (bicyclic) bond motifs is 2. The average molecular weight is 353 g/mol. The van der Waals surface area contributed by atoms with Crippen molar-refractivity contribution in [2.75, 3.05) is 27.8 Å². The lowest BCUT2D eigenvalue weighted by atomic mass is 9.76. The zero-order valence-electron chi connectivity index (χ0n) is 14.9. The van der Waals surface area contributed by atoms with Crippen molar-refractivity contribution >= 4 is 11.4 Å². The Bertz CT molecular complexity index is 926. The summed E-state index contributed by atoms with van der Waals surface area (Å²) < 4.78 is 10.9. The van der Waals surface area contributed by atoms with Gasteiger partial charge >= 0.3 is 0 Å². The van der Waals surface area contributed by atoms with Crippen molar-refractivity contribution in [2.24, 2.45) is 10.4 Å². The van der Waals surface area contributed by atoms with Gasteiger partial charge in [0.1, 0.15) is 11.4 Å². The highest BCUT2D eigenvalue weighted by Crippen LogP contribution is 2.53. The monoisotopic (exact) mass is 353 g/mol. The molecule has 26 heavy (non-hydrogen) atoms. The van der Waals surface area contributed by atoms with E-state index in [2.05, 4.69) is 22.3 Å². The predicted molar refractivity (Wildman–Crippen MR) is 98.7 cm³/mol. The minimum Gasteiger partial charge on any atom is -0.494 e. The van der Waals surface area contributed by atoms with Crippen LogP contribution in [0.3, 0.4) is 0 Å². The number of likely N-dealkylation sites (N-methyl/N-ethyl adjacent to an activating group) is 1. The molecule has 1 heterocycles. The van der Waals surface area contributed by atoms with E-state index in [4.69, 9.17) is 9.47 Å². The van der Waals surface area contributed by atoms with E-state index in [9.17, 15) is 9.81 Å². The third kappa shape index (κ3) is 2.24. The average Bonchev–Trinajstić information content (AvgIpc) is 2.68. The lowest BCUT2D eigenvalue weighted by Crippen LogP contribution is -2.35. The topological polar surface area (TPSA) is 80.6 Å². The fourth-order valence-electron chi connectivity index (χ4n) is 4.24. The summed E-state index contributed by atoms with van der Waals surface area (Å²) in [5, 5.41) is 6.28. The zero-order chi connectivity index (χ0) is 18.4. The molecule has 0 saturated carbocycles. The predicted octanol–water partition coefficient (Wildman–Crippen LogP) is 4.25. The molecule has 0 spiro atoms. The Labute approximate surface area is 150 Å². The summed E-state index contributed by atoms with van der Waals surface area (Å²) in [7, 11) is 5.14. The van der Waals surface area contributed by atoms with E-state index in [0.29, 0.717) is 17.2 Å². The van der Waals surface area contributed by atoms with E-state index in [1.165, 1.54) is 12.7 Å². The Morgan fingerprint density at radius 1 is 1.04 bits per heavy atom. The summed E-state index contributed by atoms with van der Waals surface area (Å²) in [6.07, 6.45) is 1.61. The molecule has 0 amide bonds. The molecule has 2 aromatic rings. The molecular weight excluding hydrogens is 334 g/mol. The Balaban J connectivity index is 2.10. The fourth-order valence-corrected chi connectivity index (χ4v) is 4.24. The zero-order valence-corrected chi connectivity index (χ0v) is 14.9. The quantitative estimate of drug-likeness (QED) is 0.768. The van der Waals surface area contributed by atoms with E-state index in [1.807, 2.05) is 12.1 Å². The van der Waals surface area contributed by atoms with Crippen LogP contribution in [-0.4, -0.2) is 32.7 Å². The number of nitrogens with zero attached hydrogens (tertiary/aromatic N) is 3. The summed E-state index contributed by atoms with van der Waals surface area (Å²) in [6.45, 7) is 0.895. The highest BCUT2D eigenvalue weighted by atomic mass is 16.5. The molecule has 0 radical (unpaired) electrons. The molecule has 134 valence electrons. The van der Waals surface area contributed by atoms with E-state index in [-0.39, 0.29) is 11.7 Å². The van der Waals surface area contributed by atoms with E-state index in [1.54, 1.807) is 13.2 Å². The van der Waals surface area contributed by atoms with E-state index < -0.39 is 0 Å². The number of hydrogen-bond donors (Lipinski definition) is 0. The van der Waals surface area contributed by atoms with Crippen molar-refractivity contribution in [3.05, 3.63) is 44.7 Å². The Morgan fingerprint density at radius 2 is 1.77 bits per heavy atom. The first-order valence-electron chi connectivity index (χ1n) is 8.44. The van der Waals surface area contributed by atoms with Gasteiger partial charge in [-0.05, 0) is 70.7 Å². The standard InChI is InChI=1S/C19H19N3O4/c1-22-5-4-10-6-14(21-24)19(26-3)18-12-9-16(25-2)13(20-23)7-11(12)8-15(22)17(10)18/h6-7,9,15H,4-5,8H2,1-3H3. The van der Waals surface area contributed by atoms with Gasteiger partial charge in [0.15, 0.2) is 11.4 Å². The lowest BCUT2D eigenvalue weighted by molar-refractivity contribution is 0.227. The first-order chi connectivity index (χ1) is 12.6. The highest BCUT2D eigenvalue weighted by Gasteiger charge is 2.36. The smallest absolute Gasteiger partial charge is 0.156 e. The van der Waals surface area contributed by atoms with Crippen LogP contribution in [0.25, 0.3) is 11.1 Å². The van der Waals surface area contributed by atoms with Gasteiger partial charge < -0.3 is 9.47 Å². The molecule has 1 unspecified atom stereocenters. The second-order valence-electron chi connectivity index (χ2n) is 6.69. The molecule has 0 saturated heterocycles. The van der Waals surface area contributed by atoms with E-state index in [0.717, 1.165) is 41.6 Å². The van der Waals surface area contributed by atoms with Gasteiger partial charge in [-0.1, -0.05) is 0 Å². The van der Waals surface area contributed by atoms with Gasteiger partial charge in [0.05, 0.1) is 14.2 Å². The van der Waals surface area contributed by atoms with Crippen molar-refractivity contribution in [3.63, 3.8) is 0 Å². The van der Waals surface area contributed by atoms with E-state index >= 15 is 0 Å². The first-order valence-corrected chi connectivity index (χ1v) is 8.44. The molecule has 0 bridgehead atoms. The van der Waals surface area contributed by atoms with Crippen molar-refractivity contribution in [2.45, 2.75) is 18.9 Å². The SMILES string of the molecule is COc1cc2c(cc1N=O)CC1c3c(cc(N=O)c(OC)c3-2)CCN1C. The largest absolute Gasteiger partial charge is 0.494 e. The molecule has 0 N–H and O–H groups in total. The van der Waals surface area contributed by atoms with Gasteiger partial charge in [0.2, 0.25) is 0 Å². The maximum atomic E-state index is 11.4. The maximum absolute atomic E-state index is 11.4. The van der Waals surface area contributed by atoms with Gasteiger partial charge in [0.25, 0.3) is 0 Å². The van der Waals surface area contributed by atoms with Gasteiger partial charge in [-0.2, -0.15) is 0 Å². The fraction of sp³-hybridized carbons (Fsp3) is 0.368. The summed E-state index contributed by atoms with van der Waals surface area (Å²) in [5.41, 5.74) is 5.63. The number of nitroso groups, excluding NO2 is 2. The van der Waals surface area contributed by atoms with Gasteiger partial charge in [-0.25, -0.2) is 0 Å². The van der Waals surface area contributed by atoms with Crippen LogP contribution in [0.5, 0.6) is 11.5 Å². The second-order valence-corrected chi connectivity index (χ2v) is 6.69. The molecule has 4 rings (SSSR count). The van der Waals surface area contributed by atoms with Gasteiger partial charge in [-0.3, -0.25) is 4.90 Å². The minimum atomic E-state index is 0.156.